The minimum absolute atomic E-state index is 0.0818. The molecule has 1 aromatic carbocycles. The maximum absolute atomic E-state index is 12.6. The summed E-state index contributed by atoms with van der Waals surface area (Å²) in [5, 5.41) is 2.01. The molecule has 106 valence electrons. The van der Waals surface area contributed by atoms with Crippen molar-refractivity contribution in [3.8, 4) is 10.7 Å². The van der Waals surface area contributed by atoms with E-state index in [0.29, 0.717) is 5.56 Å². The molecule has 0 fully saturated rings. The lowest BCUT2D eigenvalue weighted by Crippen LogP contribution is -2.16. The monoisotopic (exact) mass is 360 g/mol. The van der Waals surface area contributed by atoms with Crippen LogP contribution in [0.2, 0.25) is 0 Å². The first-order chi connectivity index (χ1) is 10.2. The van der Waals surface area contributed by atoms with E-state index in [1.165, 1.54) is 0 Å². The van der Waals surface area contributed by atoms with Gasteiger partial charge in [0.1, 0.15) is 0 Å². The maximum atomic E-state index is 12.6. The molecule has 0 bridgehead atoms. The van der Waals surface area contributed by atoms with Gasteiger partial charge >= 0.3 is 0 Å². The van der Waals surface area contributed by atoms with E-state index >= 15 is 0 Å². The van der Waals surface area contributed by atoms with Crippen LogP contribution in [0.3, 0.4) is 0 Å². The summed E-state index contributed by atoms with van der Waals surface area (Å²) in [6.07, 6.45) is 3.59. The van der Waals surface area contributed by atoms with Gasteiger partial charge in [0, 0.05) is 22.4 Å². The van der Waals surface area contributed by atoms with Crippen molar-refractivity contribution in [3.63, 3.8) is 0 Å². The van der Waals surface area contributed by atoms with Crippen molar-refractivity contribution in [2.75, 3.05) is 0 Å². The summed E-state index contributed by atoms with van der Waals surface area (Å²) >= 11 is 5.00. The molecule has 0 radical (unpaired) electrons. The molecule has 21 heavy (non-hydrogen) atoms. The van der Waals surface area contributed by atoms with Gasteiger partial charge in [0.2, 0.25) is 0 Å². The highest BCUT2D eigenvalue weighted by molar-refractivity contribution is 9.10. The zero-order chi connectivity index (χ0) is 14.8. The molecular weight excluding hydrogens is 348 g/mol. The van der Waals surface area contributed by atoms with E-state index in [1.54, 1.807) is 17.5 Å². The van der Waals surface area contributed by atoms with Crippen molar-refractivity contribution in [1.82, 2.24) is 9.55 Å². The lowest BCUT2D eigenvalue weighted by molar-refractivity contribution is 0.0935. The van der Waals surface area contributed by atoms with Gasteiger partial charge in [-0.2, -0.15) is 0 Å². The second-order valence-electron chi connectivity index (χ2n) is 4.68. The standard InChI is InChI=1S/C16H13BrN2OS/c1-11(15(20)12-4-6-13(17)7-5-12)19-9-8-18-16(19)14-3-2-10-21-14/h2-11H,1H3. The second-order valence-corrected chi connectivity index (χ2v) is 6.55. The highest BCUT2D eigenvalue weighted by atomic mass is 79.9. The topological polar surface area (TPSA) is 34.9 Å². The first-order valence-corrected chi connectivity index (χ1v) is 8.20. The van der Waals surface area contributed by atoms with Crippen LogP contribution in [-0.4, -0.2) is 15.3 Å². The number of hydrogen-bond donors (Lipinski definition) is 0. The molecule has 5 heteroatoms. The van der Waals surface area contributed by atoms with E-state index in [2.05, 4.69) is 20.9 Å². The highest BCUT2D eigenvalue weighted by Crippen LogP contribution is 2.27. The Labute approximate surface area is 135 Å². The van der Waals surface area contributed by atoms with Crippen LogP contribution in [0.25, 0.3) is 10.7 Å². The van der Waals surface area contributed by atoms with Gasteiger partial charge in [-0.15, -0.1) is 11.3 Å². The lowest BCUT2D eigenvalue weighted by atomic mass is 10.1. The Bertz CT molecular complexity index is 747. The number of ketones is 1. The third-order valence-corrected chi connectivity index (χ3v) is 4.73. The molecule has 3 nitrogen and oxygen atoms in total. The number of imidazole rings is 1. The fraction of sp³-hybridized carbons (Fsp3) is 0.125. The normalized spacial score (nSPS) is 12.3. The molecule has 1 unspecified atom stereocenters. The van der Waals surface area contributed by atoms with Gasteiger partial charge in [-0.3, -0.25) is 4.79 Å². The van der Waals surface area contributed by atoms with E-state index in [9.17, 15) is 4.79 Å². The Kier molecular flexibility index (Phi) is 4.03. The maximum Gasteiger partial charge on any atom is 0.185 e. The number of Topliss-reactive ketones (excluding diaryl/α,β-unsaturated/α-hetero) is 1. The molecule has 0 saturated heterocycles. The Morgan fingerprint density at radius 2 is 2.05 bits per heavy atom. The van der Waals surface area contributed by atoms with E-state index in [0.717, 1.165) is 15.2 Å². The number of rotatable bonds is 4. The summed E-state index contributed by atoms with van der Waals surface area (Å²) in [7, 11) is 0. The third kappa shape index (κ3) is 2.84. The Balaban J connectivity index is 1.92. The molecule has 0 aliphatic rings. The molecule has 3 aromatic rings. The molecule has 0 aliphatic carbocycles. The van der Waals surface area contributed by atoms with Crippen LogP contribution in [-0.2, 0) is 0 Å². The quantitative estimate of drug-likeness (QED) is 0.625. The highest BCUT2D eigenvalue weighted by Gasteiger charge is 2.20. The Morgan fingerprint density at radius 1 is 1.29 bits per heavy atom. The molecule has 0 N–H and O–H groups in total. The lowest BCUT2D eigenvalue weighted by Gasteiger charge is -2.15. The average molecular weight is 361 g/mol. The predicted octanol–water partition coefficient (Wildman–Crippen LogP) is 4.82. The summed E-state index contributed by atoms with van der Waals surface area (Å²) in [5.74, 6) is 0.918. The number of benzene rings is 1. The van der Waals surface area contributed by atoms with Crippen LogP contribution in [0, 0.1) is 0 Å². The van der Waals surface area contributed by atoms with Crippen molar-refractivity contribution in [2.24, 2.45) is 0 Å². The molecule has 0 amide bonds. The van der Waals surface area contributed by atoms with Gasteiger partial charge in [-0.25, -0.2) is 4.98 Å². The predicted molar refractivity (Wildman–Crippen MR) is 88.7 cm³/mol. The molecule has 0 saturated carbocycles. The molecule has 2 heterocycles. The molecule has 0 spiro atoms. The SMILES string of the molecule is CC(C(=O)c1ccc(Br)cc1)n1ccnc1-c1cccs1. The van der Waals surface area contributed by atoms with Gasteiger partial charge in [0.15, 0.2) is 11.6 Å². The molecule has 3 rings (SSSR count). The van der Waals surface area contributed by atoms with Crippen molar-refractivity contribution in [2.45, 2.75) is 13.0 Å². The summed E-state index contributed by atoms with van der Waals surface area (Å²) in [6, 6.07) is 11.2. The van der Waals surface area contributed by atoms with E-state index in [1.807, 2.05) is 59.5 Å². The average Bonchev–Trinajstić information content (AvgIpc) is 3.17. The van der Waals surface area contributed by atoms with Crippen molar-refractivity contribution in [3.05, 3.63) is 64.2 Å². The zero-order valence-corrected chi connectivity index (χ0v) is 13.8. The molecule has 1 atom stereocenters. The minimum Gasteiger partial charge on any atom is -0.320 e. The summed E-state index contributed by atoms with van der Waals surface area (Å²) < 4.78 is 2.89. The Morgan fingerprint density at radius 3 is 2.71 bits per heavy atom. The fourth-order valence-electron chi connectivity index (χ4n) is 2.20. The molecule has 2 aromatic heterocycles. The summed E-state index contributed by atoms with van der Waals surface area (Å²) in [5.41, 5.74) is 0.705. The number of nitrogens with zero attached hydrogens (tertiary/aromatic N) is 2. The van der Waals surface area contributed by atoms with E-state index < -0.39 is 0 Å². The number of aromatic nitrogens is 2. The van der Waals surface area contributed by atoms with Crippen molar-refractivity contribution >= 4 is 33.0 Å². The number of carbonyl (C=O) groups excluding carboxylic acids is 1. The van der Waals surface area contributed by atoms with Crippen LogP contribution in [0.5, 0.6) is 0 Å². The third-order valence-electron chi connectivity index (χ3n) is 3.34. The second kappa shape index (κ2) is 5.95. The summed E-state index contributed by atoms with van der Waals surface area (Å²) in [4.78, 5) is 18.1. The van der Waals surface area contributed by atoms with Crippen molar-refractivity contribution in [1.29, 1.82) is 0 Å². The number of halogens is 1. The van der Waals surface area contributed by atoms with Crippen LogP contribution < -0.4 is 0 Å². The van der Waals surface area contributed by atoms with Gasteiger partial charge in [0.25, 0.3) is 0 Å². The van der Waals surface area contributed by atoms with Gasteiger partial charge < -0.3 is 4.57 Å². The smallest absolute Gasteiger partial charge is 0.185 e. The van der Waals surface area contributed by atoms with Crippen LogP contribution >= 0.6 is 27.3 Å². The minimum atomic E-state index is -0.286. The van der Waals surface area contributed by atoms with E-state index in [-0.39, 0.29) is 11.8 Å². The number of hydrogen-bond acceptors (Lipinski definition) is 3. The number of carbonyl (C=O) groups is 1. The summed E-state index contributed by atoms with van der Waals surface area (Å²) in [6.45, 7) is 1.91. The van der Waals surface area contributed by atoms with Crippen LogP contribution in [0.1, 0.15) is 23.3 Å². The Hall–Kier alpha value is -1.72. The van der Waals surface area contributed by atoms with E-state index in [4.69, 9.17) is 0 Å². The largest absolute Gasteiger partial charge is 0.320 e. The van der Waals surface area contributed by atoms with Gasteiger partial charge in [-0.05, 0) is 30.5 Å². The fourth-order valence-corrected chi connectivity index (χ4v) is 3.19. The zero-order valence-electron chi connectivity index (χ0n) is 11.4. The first-order valence-electron chi connectivity index (χ1n) is 6.53. The number of thiophene rings is 1. The molecular formula is C16H13BrN2OS. The van der Waals surface area contributed by atoms with Crippen LogP contribution in [0.15, 0.2) is 58.6 Å². The van der Waals surface area contributed by atoms with Gasteiger partial charge in [-0.1, -0.05) is 34.1 Å². The first kappa shape index (κ1) is 14.2. The van der Waals surface area contributed by atoms with Crippen molar-refractivity contribution < 1.29 is 4.79 Å². The molecule has 0 aliphatic heterocycles. The van der Waals surface area contributed by atoms with Crippen LogP contribution in [0.4, 0.5) is 0 Å². The van der Waals surface area contributed by atoms with Gasteiger partial charge in [0.05, 0.1) is 10.9 Å².